The van der Waals surface area contributed by atoms with Crippen molar-refractivity contribution >= 4 is 15.7 Å². The maximum absolute atomic E-state index is 11.7. The smallest absolute Gasteiger partial charge is 0.237 e. The van der Waals surface area contributed by atoms with Gasteiger partial charge in [-0.05, 0) is 32.9 Å². The first-order chi connectivity index (χ1) is 6.33. The van der Waals surface area contributed by atoms with Gasteiger partial charge in [-0.25, -0.2) is 8.42 Å². The number of hydrogen-bond donors (Lipinski definition) is 1. The average molecular weight is 213 g/mol. The lowest BCUT2D eigenvalue weighted by molar-refractivity contribution is 0.566. The molecule has 0 heterocycles. The van der Waals surface area contributed by atoms with E-state index in [0.717, 1.165) is 0 Å². The van der Waals surface area contributed by atoms with Gasteiger partial charge in [0.2, 0.25) is 10.0 Å². The Morgan fingerprint density at radius 2 is 1.57 bits per heavy atom. The summed E-state index contributed by atoms with van der Waals surface area (Å²) < 4.78 is 25.2. The summed E-state index contributed by atoms with van der Waals surface area (Å²) in [6.45, 7) is 4.99. The van der Waals surface area contributed by atoms with Gasteiger partial charge in [-0.15, -0.1) is 0 Å². The van der Waals surface area contributed by atoms with E-state index in [4.69, 9.17) is 0 Å². The maximum Gasteiger partial charge on any atom is 0.237 e. The van der Waals surface area contributed by atoms with Gasteiger partial charge in [-0.3, -0.25) is 4.72 Å². The topological polar surface area (TPSA) is 46.2 Å². The molecule has 0 aliphatic rings. The van der Waals surface area contributed by atoms with Crippen molar-refractivity contribution in [2.45, 2.75) is 25.5 Å². The van der Waals surface area contributed by atoms with Gasteiger partial charge in [0, 0.05) is 5.69 Å². The molecule has 1 aromatic carbocycles. The standard InChI is InChI=1S/C10H15NO2S/c1-10(2,3)14(12,13)11-9-7-5-4-6-8-9/h4-8,11H,1-3H3. The monoisotopic (exact) mass is 213 g/mol. The van der Waals surface area contributed by atoms with Gasteiger partial charge in [0.25, 0.3) is 0 Å². The first kappa shape index (κ1) is 11.0. The molecular formula is C10H15NO2S. The Balaban J connectivity index is 2.91. The van der Waals surface area contributed by atoms with Gasteiger partial charge in [-0.2, -0.15) is 0 Å². The molecule has 0 radical (unpaired) electrons. The molecule has 4 heteroatoms. The van der Waals surface area contributed by atoms with E-state index in [-0.39, 0.29) is 0 Å². The van der Waals surface area contributed by atoms with Gasteiger partial charge >= 0.3 is 0 Å². The number of nitrogens with one attached hydrogen (secondary N) is 1. The van der Waals surface area contributed by atoms with Crippen LogP contribution in [-0.4, -0.2) is 13.2 Å². The van der Waals surface area contributed by atoms with Gasteiger partial charge in [0.1, 0.15) is 0 Å². The van der Waals surface area contributed by atoms with Crippen molar-refractivity contribution in [3.8, 4) is 0 Å². The second-order valence-electron chi connectivity index (χ2n) is 4.08. The molecule has 0 unspecified atom stereocenters. The van der Waals surface area contributed by atoms with E-state index in [0.29, 0.717) is 5.69 Å². The molecule has 0 aromatic heterocycles. The number of rotatable bonds is 2. The van der Waals surface area contributed by atoms with E-state index in [2.05, 4.69) is 4.72 Å². The predicted octanol–water partition coefficient (Wildman–Crippen LogP) is 2.23. The Bertz CT molecular complexity index is 390. The highest BCUT2D eigenvalue weighted by atomic mass is 32.2. The van der Waals surface area contributed by atoms with Crippen LogP contribution in [0.15, 0.2) is 30.3 Å². The van der Waals surface area contributed by atoms with Crippen molar-refractivity contribution in [2.75, 3.05) is 4.72 Å². The molecule has 0 aliphatic heterocycles. The largest absolute Gasteiger partial charge is 0.283 e. The first-order valence-corrected chi connectivity index (χ1v) is 5.89. The van der Waals surface area contributed by atoms with Crippen molar-refractivity contribution in [3.05, 3.63) is 30.3 Å². The van der Waals surface area contributed by atoms with Crippen molar-refractivity contribution in [1.82, 2.24) is 0 Å². The summed E-state index contributed by atoms with van der Waals surface area (Å²) in [6, 6.07) is 8.88. The molecule has 0 atom stereocenters. The minimum absolute atomic E-state index is 0.599. The minimum Gasteiger partial charge on any atom is -0.283 e. The molecule has 14 heavy (non-hydrogen) atoms. The average Bonchev–Trinajstić information content (AvgIpc) is 2.03. The molecule has 0 saturated heterocycles. The Kier molecular flexibility index (Phi) is 2.85. The molecule has 0 fully saturated rings. The van der Waals surface area contributed by atoms with E-state index in [1.54, 1.807) is 45.0 Å². The summed E-state index contributed by atoms with van der Waals surface area (Å²) in [7, 11) is -3.30. The summed E-state index contributed by atoms with van der Waals surface area (Å²) >= 11 is 0. The number of para-hydroxylation sites is 1. The summed E-state index contributed by atoms with van der Waals surface area (Å²) in [6.07, 6.45) is 0. The van der Waals surface area contributed by atoms with E-state index in [1.165, 1.54) is 0 Å². The van der Waals surface area contributed by atoms with Crippen LogP contribution in [0.2, 0.25) is 0 Å². The van der Waals surface area contributed by atoms with Crippen LogP contribution in [0.1, 0.15) is 20.8 Å². The van der Waals surface area contributed by atoms with Gasteiger partial charge in [0.15, 0.2) is 0 Å². The second kappa shape index (κ2) is 3.61. The fraction of sp³-hybridized carbons (Fsp3) is 0.400. The Morgan fingerprint density at radius 3 is 2.00 bits per heavy atom. The second-order valence-corrected chi connectivity index (χ2v) is 6.52. The molecule has 3 nitrogen and oxygen atoms in total. The van der Waals surface area contributed by atoms with Crippen LogP contribution in [0.25, 0.3) is 0 Å². The molecule has 1 rings (SSSR count). The fourth-order valence-electron chi connectivity index (χ4n) is 0.814. The van der Waals surface area contributed by atoms with Crippen LogP contribution in [0.5, 0.6) is 0 Å². The molecule has 0 aliphatic carbocycles. The van der Waals surface area contributed by atoms with Crippen molar-refractivity contribution in [1.29, 1.82) is 0 Å². The molecule has 1 N–H and O–H groups in total. The van der Waals surface area contributed by atoms with Crippen LogP contribution < -0.4 is 4.72 Å². The highest BCUT2D eigenvalue weighted by Gasteiger charge is 2.28. The Morgan fingerprint density at radius 1 is 1.07 bits per heavy atom. The van der Waals surface area contributed by atoms with Crippen molar-refractivity contribution in [2.24, 2.45) is 0 Å². The number of anilines is 1. The lowest BCUT2D eigenvalue weighted by Crippen LogP contribution is -2.33. The van der Waals surface area contributed by atoms with E-state index >= 15 is 0 Å². The number of benzene rings is 1. The SMILES string of the molecule is CC(C)(C)S(=O)(=O)Nc1ccccc1. The highest BCUT2D eigenvalue weighted by molar-refractivity contribution is 7.94. The molecular weight excluding hydrogens is 198 g/mol. The van der Waals surface area contributed by atoms with Gasteiger partial charge in [-0.1, -0.05) is 18.2 Å². The normalized spacial score (nSPS) is 12.5. The highest BCUT2D eigenvalue weighted by Crippen LogP contribution is 2.18. The van der Waals surface area contributed by atoms with E-state index < -0.39 is 14.8 Å². The maximum atomic E-state index is 11.7. The van der Waals surface area contributed by atoms with Crippen LogP contribution in [0.3, 0.4) is 0 Å². The first-order valence-electron chi connectivity index (χ1n) is 4.40. The third-order valence-electron chi connectivity index (χ3n) is 1.83. The van der Waals surface area contributed by atoms with E-state index in [9.17, 15) is 8.42 Å². The summed E-state index contributed by atoms with van der Waals surface area (Å²) in [5.41, 5.74) is 0.599. The Labute approximate surface area is 85.2 Å². The summed E-state index contributed by atoms with van der Waals surface area (Å²) in [5, 5.41) is 0. The zero-order valence-electron chi connectivity index (χ0n) is 8.61. The van der Waals surface area contributed by atoms with Crippen LogP contribution in [0, 0.1) is 0 Å². The minimum atomic E-state index is -3.30. The zero-order chi connectivity index (χ0) is 10.8. The molecule has 78 valence electrons. The van der Waals surface area contributed by atoms with Gasteiger partial charge in [0.05, 0.1) is 4.75 Å². The summed E-state index contributed by atoms with van der Waals surface area (Å²) in [4.78, 5) is 0. The zero-order valence-corrected chi connectivity index (χ0v) is 9.43. The molecule has 0 saturated carbocycles. The van der Waals surface area contributed by atoms with Crippen molar-refractivity contribution < 1.29 is 8.42 Å². The summed E-state index contributed by atoms with van der Waals surface area (Å²) in [5.74, 6) is 0. The lowest BCUT2D eigenvalue weighted by atomic mass is 10.3. The molecule has 0 bridgehead atoms. The van der Waals surface area contributed by atoms with Crippen molar-refractivity contribution in [3.63, 3.8) is 0 Å². The fourth-order valence-corrected chi connectivity index (χ4v) is 1.57. The molecule has 0 spiro atoms. The third-order valence-corrected chi connectivity index (χ3v) is 3.95. The van der Waals surface area contributed by atoms with Crippen LogP contribution in [-0.2, 0) is 10.0 Å². The molecule has 1 aromatic rings. The molecule has 0 amide bonds. The quantitative estimate of drug-likeness (QED) is 0.818. The Hall–Kier alpha value is -1.03. The predicted molar refractivity (Wildman–Crippen MR) is 58.7 cm³/mol. The van der Waals surface area contributed by atoms with Crippen LogP contribution >= 0.6 is 0 Å². The number of hydrogen-bond acceptors (Lipinski definition) is 2. The van der Waals surface area contributed by atoms with Crippen LogP contribution in [0.4, 0.5) is 5.69 Å². The number of sulfonamides is 1. The van der Waals surface area contributed by atoms with E-state index in [1.807, 2.05) is 6.07 Å². The van der Waals surface area contributed by atoms with Gasteiger partial charge < -0.3 is 0 Å². The third kappa shape index (κ3) is 2.48. The lowest BCUT2D eigenvalue weighted by Gasteiger charge is -2.20.